The number of anilines is 1. The molecule has 0 unspecified atom stereocenters. The first-order valence-corrected chi connectivity index (χ1v) is 11.2. The second-order valence-corrected chi connectivity index (χ2v) is 8.21. The third kappa shape index (κ3) is 5.99. The maximum absolute atomic E-state index is 13.1. The number of benzene rings is 3. The van der Waals surface area contributed by atoms with E-state index in [0.29, 0.717) is 42.3 Å². The van der Waals surface area contributed by atoms with Crippen LogP contribution in [-0.2, 0) is 6.42 Å². The summed E-state index contributed by atoms with van der Waals surface area (Å²) in [6, 6.07) is 24.4. The van der Waals surface area contributed by atoms with Crippen molar-refractivity contribution in [2.45, 2.75) is 6.42 Å². The highest BCUT2D eigenvalue weighted by Crippen LogP contribution is 2.21. The standard InChI is InChI=1S/C27H29N3O3/c1-29-15-17-30(18-16-29)27(32)24-12-5-6-13-25(24)28-26(31)22-10-7-11-23(20-22)33-19-14-21-8-3-2-4-9-21/h2-13,20H,14-19H2,1H3,(H,28,31). The van der Waals surface area contributed by atoms with Crippen molar-refractivity contribution in [2.24, 2.45) is 0 Å². The molecular weight excluding hydrogens is 414 g/mol. The number of ether oxygens (including phenoxy) is 1. The van der Waals surface area contributed by atoms with Crippen LogP contribution in [0, 0.1) is 0 Å². The second kappa shape index (κ2) is 10.8. The summed E-state index contributed by atoms with van der Waals surface area (Å²) in [6.45, 7) is 3.58. The zero-order valence-electron chi connectivity index (χ0n) is 18.9. The molecule has 3 aromatic carbocycles. The Morgan fingerprint density at radius 3 is 2.39 bits per heavy atom. The molecule has 0 atom stereocenters. The van der Waals surface area contributed by atoms with Crippen LogP contribution in [0.25, 0.3) is 0 Å². The fraction of sp³-hybridized carbons (Fsp3) is 0.259. The third-order valence-corrected chi connectivity index (χ3v) is 5.79. The van der Waals surface area contributed by atoms with Gasteiger partial charge in [0.2, 0.25) is 0 Å². The van der Waals surface area contributed by atoms with Gasteiger partial charge in [0.25, 0.3) is 11.8 Å². The van der Waals surface area contributed by atoms with Crippen LogP contribution in [0.4, 0.5) is 5.69 Å². The molecule has 0 aromatic heterocycles. The first-order valence-electron chi connectivity index (χ1n) is 11.2. The highest BCUT2D eigenvalue weighted by molar-refractivity contribution is 6.09. The van der Waals surface area contributed by atoms with Crippen molar-refractivity contribution in [1.82, 2.24) is 9.80 Å². The highest BCUT2D eigenvalue weighted by Gasteiger charge is 2.23. The Hall–Kier alpha value is -3.64. The number of para-hydroxylation sites is 1. The van der Waals surface area contributed by atoms with Crippen LogP contribution in [0.1, 0.15) is 26.3 Å². The lowest BCUT2D eigenvalue weighted by Gasteiger charge is -2.32. The normalized spacial score (nSPS) is 14.0. The van der Waals surface area contributed by atoms with Crippen molar-refractivity contribution in [3.8, 4) is 5.75 Å². The molecule has 6 nitrogen and oxygen atoms in total. The predicted octanol–water partition coefficient (Wildman–Crippen LogP) is 3.95. The molecule has 6 heteroatoms. The number of carbonyl (C=O) groups is 2. The smallest absolute Gasteiger partial charge is 0.256 e. The quantitative estimate of drug-likeness (QED) is 0.601. The van der Waals surface area contributed by atoms with Crippen LogP contribution in [-0.4, -0.2) is 61.4 Å². The van der Waals surface area contributed by atoms with Gasteiger partial charge in [0.15, 0.2) is 0 Å². The van der Waals surface area contributed by atoms with Crippen molar-refractivity contribution >= 4 is 17.5 Å². The van der Waals surface area contributed by atoms with E-state index >= 15 is 0 Å². The summed E-state index contributed by atoms with van der Waals surface area (Å²) in [7, 11) is 2.05. The number of hydrogen-bond acceptors (Lipinski definition) is 4. The molecule has 1 N–H and O–H groups in total. The van der Waals surface area contributed by atoms with Gasteiger partial charge in [-0.1, -0.05) is 48.5 Å². The summed E-state index contributed by atoms with van der Waals surface area (Å²) in [4.78, 5) is 30.1. The minimum atomic E-state index is -0.276. The van der Waals surface area contributed by atoms with Crippen molar-refractivity contribution < 1.29 is 14.3 Å². The Kier molecular flexibility index (Phi) is 7.37. The average molecular weight is 444 g/mol. The van der Waals surface area contributed by atoms with E-state index in [0.717, 1.165) is 19.5 Å². The molecule has 33 heavy (non-hydrogen) atoms. The lowest BCUT2D eigenvalue weighted by atomic mass is 10.1. The molecule has 2 amide bonds. The number of carbonyl (C=O) groups excluding carboxylic acids is 2. The van der Waals surface area contributed by atoms with Crippen LogP contribution in [0.3, 0.4) is 0 Å². The van der Waals surface area contributed by atoms with E-state index in [-0.39, 0.29) is 11.8 Å². The maximum Gasteiger partial charge on any atom is 0.256 e. The van der Waals surface area contributed by atoms with Crippen molar-refractivity contribution in [2.75, 3.05) is 45.2 Å². The van der Waals surface area contributed by atoms with Crippen molar-refractivity contribution in [1.29, 1.82) is 0 Å². The molecule has 1 aliphatic heterocycles. The molecule has 0 aliphatic carbocycles. The molecule has 3 aromatic rings. The van der Waals surface area contributed by atoms with E-state index in [9.17, 15) is 9.59 Å². The van der Waals surface area contributed by atoms with E-state index in [1.165, 1.54) is 5.56 Å². The van der Waals surface area contributed by atoms with E-state index in [1.54, 1.807) is 30.3 Å². The number of rotatable bonds is 7. The summed E-state index contributed by atoms with van der Waals surface area (Å²) >= 11 is 0. The first kappa shape index (κ1) is 22.6. The molecule has 1 heterocycles. The van der Waals surface area contributed by atoms with Gasteiger partial charge in [0, 0.05) is 38.2 Å². The molecule has 0 radical (unpaired) electrons. The van der Waals surface area contributed by atoms with E-state index < -0.39 is 0 Å². The molecule has 4 rings (SSSR count). The molecule has 1 aliphatic rings. The molecule has 1 fully saturated rings. The maximum atomic E-state index is 13.1. The van der Waals surface area contributed by atoms with E-state index in [2.05, 4.69) is 29.4 Å². The Bertz CT molecular complexity index is 1090. The van der Waals surface area contributed by atoms with Gasteiger partial charge in [-0.3, -0.25) is 9.59 Å². The zero-order chi connectivity index (χ0) is 23.0. The minimum Gasteiger partial charge on any atom is -0.493 e. The Balaban J connectivity index is 1.40. The van der Waals surface area contributed by atoms with E-state index in [1.807, 2.05) is 41.3 Å². The van der Waals surface area contributed by atoms with Gasteiger partial charge in [-0.2, -0.15) is 0 Å². The summed E-state index contributed by atoms with van der Waals surface area (Å²) < 4.78 is 5.86. The van der Waals surface area contributed by atoms with Gasteiger partial charge in [-0.15, -0.1) is 0 Å². The summed E-state index contributed by atoms with van der Waals surface area (Å²) in [6.07, 6.45) is 0.791. The number of likely N-dealkylation sites (N-methyl/N-ethyl adjacent to an activating group) is 1. The molecular formula is C27H29N3O3. The zero-order valence-corrected chi connectivity index (χ0v) is 18.9. The van der Waals surface area contributed by atoms with Crippen LogP contribution in [0.2, 0.25) is 0 Å². The van der Waals surface area contributed by atoms with Gasteiger partial charge in [-0.25, -0.2) is 0 Å². The van der Waals surface area contributed by atoms with Gasteiger partial charge >= 0.3 is 0 Å². The number of amides is 2. The molecule has 0 spiro atoms. The van der Waals surface area contributed by atoms with Gasteiger partial charge in [0.05, 0.1) is 17.9 Å². The first-order chi connectivity index (χ1) is 16.1. The Morgan fingerprint density at radius 2 is 1.61 bits per heavy atom. The van der Waals surface area contributed by atoms with Gasteiger partial charge in [0.1, 0.15) is 5.75 Å². The molecule has 0 bridgehead atoms. The van der Waals surface area contributed by atoms with Crippen LogP contribution in [0.15, 0.2) is 78.9 Å². The molecule has 170 valence electrons. The number of piperazine rings is 1. The van der Waals surface area contributed by atoms with Gasteiger partial charge in [-0.05, 0) is 42.9 Å². The monoisotopic (exact) mass is 443 g/mol. The number of nitrogens with zero attached hydrogens (tertiary/aromatic N) is 2. The molecule has 0 saturated carbocycles. The number of hydrogen-bond donors (Lipinski definition) is 1. The SMILES string of the molecule is CN1CCN(C(=O)c2ccccc2NC(=O)c2cccc(OCCc3ccccc3)c2)CC1. The fourth-order valence-corrected chi connectivity index (χ4v) is 3.81. The third-order valence-electron chi connectivity index (χ3n) is 5.79. The number of nitrogens with one attached hydrogen (secondary N) is 1. The summed E-state index contributed by atoms with van der Waals surface area (Å²) in [5, 5.41) is 2.91. The average Bonchev–Trinajstić information content (AvgIpc) is 2.85. The van der Waals surface area contributed by atoms with Gasteiger partial charge < -0.3 is 19.9 Å². The highest BCUT2D eigenvalue weighted by atomic mass is 16.5. The van der Waals surface area contributed by atoms with Crippen LogP contribution >= 0.6 is 0 Å². The largest absolute Gasteiger partial charge is 0.493 e. The van der Waals surface area contributed by atoms with Crippen molar-refractivity contribution in [3.05, 3.63) is 95.6 Å². The molecule has 1 saturated heterocycles. The lowest BCUT2D eigenvalue weighted by molar-refractivity contribution is 0.0665. The Morgan fingerprint density at radius 1 is 0.879 bits per heavy atom. The van der Waals surface area contributed by atoms with Crippen LogP contribution < -0.4 is 10.1 Å². The van der Waals surface area contributed by atoms with Crippen LogP contribution in [0.5, 0.6) is 5.75 Å². The lowest BCUT2D eigenvalue weighted by Crippen LogP contribution is -2.47. The summed E-state index contributed by atoms with van der Waals surface area (Å²) in [5.74, 6) is 0.305. The fourth-order valence-electron chi connectivity index (χ4n) is 3.81. The minimum absolute atomic E-state index is 0.0583. The predicted molar refractivity (Wildman–Crippen MR) is 130 cm³/mol. The van der Waals surface area contributed by atoms with E-state index in [4.69, 9.17) is 4.74 Å². The summed E-state index contributed by atoms with van der Waals surface area (Å²) in [5.41, 5.74) is 2.70. The topological polar surface area (TPSA) is 61.9 Å². The van der Waals surface area contributed by atoms with Crippen molar-refractivity contribution in [3.63, 3.8) is 0 Å². The second-order valence-electron chi connectivity index (χ2n) is 8.21. The Labute approximate surface area is 194 Å².